The maximum absolute atomic E-state index is 5.28. The van der Waals surface area contributed by atoms with Gasteiger partial charge in [-0.05, 0) is 33.4 Å². The summed E-state index contributed by atoms with van der Waals surface area (Å²) in [4.78, 5) is 5.35. The number of nitrogens with one attached hydrogen (secondary N) is 1. The van der Waals surface area contributed by atoms with Crippen LogP contribution in [0, 0.1) is 0 Å². The summed E-state index contributed by atoms with van der Waals surface area (Å²) in [5.74, 6) is 0. The SMILES string of the molecule is CNC(COC)CN1CC2CCCCN2CC1C. The molecule has 0 bridgehead atoms. The van der Waals surface area contributed by atoms with E-state index >= 15 is 0 Å². The minimum atomic E-state index is 0.451. The number of hydrogen-bond acceptors (Lipinski definition) is 4. The number of hydrogen-bond donors (Lipinski definition) is 1. The van der Waals surface area contributed by atoms with Crippen molar-refractivity contribution in [3.8, 4) is 0 Å². The Hall–Kier alpha value is -0.160. The van der Waals surface area contributed by atoms with Crippen molar-refractivity contribution >= 4 is 0 Å². The van der Waals surface area contributed by atoms with Crippen LogP contribution in [0.25, 0.3) is 0 Å². The zero-order valence-electron chi connectivity index (χ0n) is 12.2. The standard InChI is InChI=1S/C14H29N3O/c1-12-8-16-7-5-4-6-14(16)10-17(12)9-13(15-2)11-18-3/h12-15H,4-11H2,1-3H3. The van der Waals surface area contributed by atoms with E-state index in [4.69, 9.17) is 4.74 Å². The number of rotatable bonds is 5. The van der Waals surface area contributed by atoms with Crippen molar-refractivity contribution in [3.05, 3.63) is 0 Å². The van der Waals surface area contributed by atoms with Gasteiger partial charge >= 0.3 is 0 Å². The van der Waals surface area contributed by atoms with Crippen LogP contribution in [0.1, 0.15) is 26.2 Å². The first-order valence-corrected chi connectivity index (χ1v) is 7.39. The van der Waals surface area contributed by atoms with E-state index in [0.717, 1.165) is 19.2 Å². The van der Waals surface area contributed by atoms with Crippen LogP contribution in [0.2, 0.25) is 0 Å². The number of piperazine rings is 1. The van der Waals surface area contributed by atoms with Crippen LogP contribution in [0.5, 0.6) is 0 Å². The molecule has 1 N–H and O–H groups in total. The van der Waals surface area contributed by atoms with Crippen LogP contribution in [-0.4, -0.2) is 74.9 Å². The number of ether oxygens (including phenoxy) is 1. The lowest BCUT2D eigenvalue weighted by molar-refractivity contribution is 0.00618. The van der Waals surface area contributed by atoms with E-state index < -0.39 is 0 Å². The molecule has 0 amide bonds. The normalized spacial score (nSPS) is 32.2. The van der Waals surface area contributed by atoms with Gasteiger partial charge in [0.1, 0.15) is 0 Å². The molecule has 0 aromatic rings. The van der Waals surface area contributed by atoms with Crippen molar-refractivity contribution in [1.29, 1.82) is 0 Å². The van der Waals surface area contributed by atoms with Crippen molar-refractivity contribution in [2.75, 3.05) is 46.9 Å². The van der Waals surface area contributed by atoms with Gasteiger partial charge in [0.05, 0.1) is 6.61 Å². The smallest absolute Gasteiger partial charge is 0.0628 e. The van der Waals surface area contributed by atoms with Gasteiger partial charge in [0.2, 0.25) is 0 Å². The second kappa shape index (κ2) is 6.85. The first kappa shape index (κ1) is 14.3. The molecule has 2 rings (SSSR count). The Bertz CT molecular complexity index is 247. The molecule has 2 aliphatic rings. The van der Waals surface area contributed by atoms with Gasteiger partial charge in [0.25, 0.3) is 0 Å². The van der Waals surface area contributed by atoms with Crippen LogP contribution < -0.4 is 5.32 Å². The Morgan fingerprint density at radius 3 is 2.89 bits per heavy atom. The van der Waals surface area contributed by atoms with Crippen LogP contribution in [0.3, 0.4) is 0 Å². The average molecular weight is 255 g/mol. The third-order valence-electron chi connectivity index (χ3n) is 4.55. The van der Waals surface area contributed by atoms with Crippen molar-refractivity contribution in [3.63, 3.8) is 0 Å². The highest BCUT2D eigenvalue weighted by atomic mass is 16.5. The summed E-state index contributed by atoms with van der Waals surface area (Å²) in [6.45, 7) is 8.07. The maximum atomic E-state index is 5.28. The summed E-state index contributed by atoms with van der Waals surface area (Å²) < 4.78 is 5.28. The van der Waals surface area contributed by atoms with Crippen molar-refractivity contribution in [2.45, 2.75) is 44.3 Å². The van der Waals surface area contributed by atoms with Gasteiger partial charge in [0.15, 0.2) is 0 Å². The van der Waals surface area contributed by atoms with E-state index in [9.17, 15) is 0 Å². The van der Waals surface area contributed by atoms with E-state index in [1.165, 1.54) is 38.9 Å². The second-order valence-electron chi connectivity index (χ2n) is 5.89. The van der Waals surface area contributed by atoms with E-state index in [1.54, 1.807) is 7.11 Å². The molecule has 0 saturated carbocycles. The summed E-state index contributed by atoms with van der Waals surface area (Å²) in [7, 11) is 3.82. The largest absolute Gasteiger partial charge is 0.383 e. The van der Waals surface area contributed by atoms with Crippen LogP contribution in [-0.2, 0) is 4.74 Å². The van der Waals surface area contributed by atoms with Crippen LogP contribution >= 0.6 is 0 Å². The quantitative estimate of drug-likeness (QED) is 0.786. The molecule has 3 unspecified atom stereocenters. The minimum absolute atomic E-state index is 0.451. The molecule has 2 fully saturated rings. The first-order chi connectivity index (χ1) is 8.74. The molecule has 2 heterocycles. The predicted octanol–water partition coefficient (Wildman–Crippen LogP) is 0.779. The lowest BCUT2D eigenvalue weighted by atomic mass is 9.97. The van der Waals surface area contributed by atoms with E-state index in [0.29, 0.717) is 12.1 Å². The molecule has 0 aromatic carbocycles. The van der Waals surface area contributed by atoms with Gasteiger partial charge in [-0.1, -0.05) is 6.42 Å². The average Bonchev–Trinajstić information content (AvgIpc) is 2.39. The van der Waals surface area contributed by atoms with Gasteiger partial charge in [-0.25, -0.2) is 0 Å². The third-order valence-corrected chi connectivity index (χ3v) is 4.55. The lowest BCUT2D eigenvalue weighted by Crippen LogP contribution is -2.60. The minimum Gasteiger partial charge on any atom is -0.383 e. The van der Waals surface area contributed by atoms with E-state index in [1.807, 2.05) is 7.05 Å². The molecule has 2 saturated heterocycles. The van der Waals surface area contributed by atoms with Gasteiger partial charge in [-0.3, -0.25) is 9.80 Å². The molecule has 2 aliphatic heterocycles. The zero-order valence-corrected chi connectivity index (χ0v) is 12.2. The van der Waals surface area contributed by atoms with Gasteiger partial charge < -0.3 is 10.1 Å². The van der Waals surface area contributed by atoms with Gasteiger partial charge in [-0.2, -0.15) is 0 Å². The fourth-order valence-electron chi connectivity index (χ4n) is 3.38. The topological polar surface area (TPSA) is 27.7 Å². The Labute approximate surface area is 112 Å². The second-order valence-corrected chi connectivity index (χ2v) is 5.89. The molecule has 4 heteroatoms. The molecular weight excluding hydrogens is 226 g/mol. The van der Waals surface area contributed by atoms with Crippen molar-refractivity contribution in [2.24, 2.45) is 0 Å². The maximum Gasteiger partial charge on any atom is 0.0628 e. The van der Waals surface area contributed by atoms with Gasteiger partial charge in [0, 0.05) is 44.9 Å². The highest BCUT2D eigenvalue weighted by Crippen LogP contribution is 2.23. The number of piperidine rings is 1. The summed E-state index contributed by atoms with van der Waals surface area (Å²) in [5, 5.41) is 3.36. The molecule has 18 heavy (non-hydrogen) atoms. The highest BCUT2D eigenvalue weighted by molar-refractivity contribution is 4.90. The van der Waals surface area contributed by atoms with Crippen LogP contribution in [0.15, 0.2) is 0 Å². The fourth-order valence-corrected chi connectivity index (χ4v) is 3.38. The molecule has 0 spiro atoms. The Kier molecular flexibility index (Phi) is 5.42. The molecule has 0 radical (unpaired) electrons. The monoisotopic (exact) mass is 255 g/mol. The number of nitrogens with zero attached hydrogens (tertiary/aromatic N) is 2. The van der Waals surface area contributed by atoms with E-state index in [-0.39, 0.29) is 0 Å². The van der Waals surface area contributed by atoms with E-state index in [2.05, 4.69) is 22.0 Å². The molecule has 3 atom stereocenters. The summed E-state index contributed by atoms with van der Waals surface area (Å²) in [5.41, 5.74) is 0. The Balaban J connectivity index is 1.88. The Morgan fingerprint density at radius 1 is 1.33 bits per heavy atom. The van der Waals surface area contributed by atoms with Gasteiger partial charge in [-0.15, -0.1) is 0 Å². The predicted molar refractivity (Wildman–Crippen MR) is 75.0 cm³/mol. The Morgan fingerprint density at radius 2 is 2.17 bits per heavy atom. The molecule has 0 aromatic heterocycles. The fraction of sp³-hybridized carbons (Fsp3) is 1.00. The number of likely N-dealkylation sites (N-methyl/N-ethyl adjacent to an activating group) is 1. The first-order valence-electron chi connectivity index (χ1n) is 7.39. The summed E-state index contributed by atoms with van der Waals surface area (Å²) >= 11 is 0. The molecular formula is C14H29N3O. The molecule has 4 nitrogen and oxygen atoms in total. The number of fused-ring (bicyclic) bond motifs is 1. The zero-order chi connectivity index (χ0) is 13.0. The number of methoxy groups -OCH3 is 1. The lowest BCUT2D eigenvalue weighted by Gasteiger charge is -2.48. The van der Waals surface area contributed by atoms with Crippen LogP contribution in [0.4, 0.5) is 0 Å². The summed E-state index contributed by atoms with van der Waals surface area (Å²) in [6.07, 6.45) is 4.20. The molecule has 0 aliphatic carbocycles. The summed E-state index contributed by atoms with van der Waals surface area (Å²) in [6, 6.07) is 1.93. The van der Waals surface area contributed by atoms with Crippen molar-refractivity contribution in [1.82, 2.24) is 15.1 Å². The highest BCUT2D eigenvalue weighted by Gasteiger charge is 2.33. The van der Waals surface area contributed by atoms with Crippen molar-refractivity contribution < 1.29 is 4.74 Å². The molecule has 106 valence electrons. The third kappa shape index (κ3) is 3.44.